The number of rotatable bonds is 3. The first-order valence-corrected chi connectivity index (χ1v) is 6.76. The minimum atomic E-state index is -2.76. The van der Waals surface area contributed by atoms with E-state index in [0.29, 0.717) is 6.04 Å². The zero-order chi connectivity index (χ0) is 14.3. The van der Waals surface area contributed by atoms with Crippen LogP contribution in [-0.4, -0.2) is 49.0 Å². The third-order valence-corrected chi connectivity index (χ3v) is 3.80. The van der Waals surface area contributed by atoms with Gasteiger partial charge in [0.25, 0.3) is 11.8 Å². The molecule has 0 aliphatic carbocycles. The van der Waals surface area contributed by atoms with Crippen LogP contribution in [0.1, 0.15) is 10.4 Å². The van der Waals surface area contributed by atoms with Crippen LogP contribution < -0.4 is 10.6 Å². The summed E-state index contributed by atoms with van der Waals surface area (Å²) in [6, 6.07) is 5.34. The topological polar surface area (TPSA) is 44.4 Å². The predicted molar refractivity (Wildman–Crippen MR) is 72.6 cm³/mol. The molecule has 2 aliphatic rings. The number of hydrogen-bond acceptors (Lipinski definition) is 3. The van der Waals surface area contributed by atoms with Crippen LogP contribution >= 0.6 is 11.6 Å². The summed E-state index contributed by atoms with van der Waals surface area (Å²) in [6.07, 6.45) is 0. The lowest BCUT2D eigenvalue weighted by Gasteiger charge is -2.38. The van der Waals surface area contributed by atoms with Crippen molar-refractivity contribution in [1.82, 2.24) is 10.2 Å². The molecule has 2 fully saturated rings. The average Bonchev–Trinajstić information content (AvgIpc) is 2.30. The third-order valence-electron chi connectivity index (χ3n) is 3.48. The van der Waals surface area contributed by atoms with E-state index >= 15 is 0 Å². The molecule has 0 aromatic heterocycles. The molecule has 1 aromatic rings. The van der Waals surface area contributed by atoms with Gasteiger partial charge in [0.1, 0.15) is 0 Å². The summed E-state index contributed by atoms with van der Waals surface area (Å²) in [4.78, 5) is 13.1. The first-order chi connectivity index (χ1) is 9.44. The number of halogens is 3. The van der Waals surface area contributed by atoms with E-state index in [0.717, 1.165) is 23.7 Å². The van der Waals surface area contributed by atoms with Crippen LogP contribution in [0.25, 0.3) is 0 Å². The molecule has 1 amide bonds. The van der Waals surface area contributed by atoms with Gasteiger partial charge in [-0.15, -0.1) is 0 Å². The zero-order valence-electron chi connectivity index (χ0n) is 10.6. The van der Waals surface area contributed by atoms with Gasteiger partial charge < -0.3 is 15.5 Å². The van der Waals surface area contributed by atoms with Crippen molar-refractivity contribution in [1.29, 1.82) is 0 Å². The van der Waals surface area contributed by atoms with Gasteiger partial charge in [0.2, 0.25) is 0 Å². The quantitative estimate of drug-likeness (QED) is 0.895. The molecule has 2 heterocycles. The molecule has 3 rings (SSSR count). The summed E-state index contributed by atoms with van der Waals surface area (Å²) in [5.74, 6) is -3.21. The molecule has 1 aromatic carbocycles. The molecule has 7 heteroatoms. The number of hydrogen-bond donors (Lipinski definition) is 2. The fourth-order valence-electron chi connectivity index (χ4n) is 2.23. The summed E-state index contributed by atoms with van der Waals surface area (Å²) >= 11 is 6.07. The lowest BCUT2D eigenvalue weighted by atomic mass is 10.1. The fraction of sp³-hybridized carbons (Fsp3) is 0.462. The number of nitrogens with zero attached hydrogens (tertiary/aromatic N) is 1. The molecule has 2 saturated heterocycles. The van der Waals surface area contributed by atoms with Crippen LogP contribution in [0, 0.1) is 0 Å². The molecule has 0 bridgehead atoms. The third kappa shape index (κ3) is 2.58. The SMILES string of the molecule is O=C(c1ccc(NC2CNC2)cc1Cl)N1CC(F)(F)C1. The Morgan fingerprint density at radius 1 is 1.40 bits per heavy atom. The van der Waals surface area contributed by atoms with E-state index < -0.39 is 24.9 Å². The maximum atomic E-state index is 12.8. The Labute approximate surface area is 120 Å². The van der Waals surface area contributed by atoms with Crippen LogP contribution in [0.4, 0.5) is 14.5 Å². The van der Waals surface area contributed by atoms with E-state index in [4.69, 9.17) is 11.6 Å². The summed E-state index contributed by atoms with van der Waals surface area (Å²) in [5, 5.41) is 6.68. The zero-order valence-corrected chi connectivity index (χ0v) is 11.4. The summed E-state index contributed by atoms with van der Waals surface area (Å²) < 4.78 is 25.6. The minimum Gasteiger partial charge on any atom is -0.380 e. The van der Waals surface area contributed by atoms with Gasteiger partial charge in [-0.1, -0.05) is 11.6 Å². The normalized spacial score (nSPS) is 21.1. The summed E-state index contributed by atoms with van der Waals surface area (Å²) in [5.41, 5.74) is 1.09. The molecule has 0 spiro atoms. The lowest BCUT2D eigenvalue weighted by molar-refractivity contribution is -0.113. The number of nitrogens with one attached hydrogen (secondary N) is 2. The van der Waals surface area contributed by atoms with Gasteiger partial charge >= 0.3 is 0 Å². The molecule has 20 heavy (non-hydrogen) atoms. The summed E-state index contributed by atoms with van der Waals surface area (Å²) in [6.45, 7) is 0.716. The highest BCUT2D eigenvalue weighted by atomic mass is 35.5. The van der Waals surface area contributed by atoms with Crippen LogP contribution in [0.15, 0.2) is 18.2 Å². The monoisotopic (exact) mass is 301 g/mol. The van der Waals surface area contributed by atoms with Crippen molar-refractivity contribution in [2.24, 2.45) is 0 Å². The molecule has 0 saturated carbocycles. The highest BCUT2D eigenvalue weighted by Crippen LogP contribution is 2.30. The van der Waals surface area contributed by atoms with E-state index in [2.05, 4.69) is 10.6 Å². The van der Waals surface area contributed by atoms with Crippen LogP contribution in [0.2, 0.25) is 5.02 Å². The first kappa shape index (κ1) is 13.6. The molecule has 2 N–H and O–H groups in total. The predicted octanol–water partition coefficient (Wildman–Crippen LogP) is 1.81. The molecule has 0 unspecified atom stereocenters. The van der Waals surface area contributed by atoms with Crippen molar-refractivity contribution in [3.8, 4) is 0 Å². The largest absolute Gasteiger partial charge is 0.380 e. The van der Waals surface area contributed by atoms with E-state index in [-0.39, 0.29) is 10.6 Å². The fourth-order valence-corrected chi connectivity index (χ4v) is 2.49. The van der Waals surface area contributed by atoms with E-state index in [9.17, 15) is 13.6 Å². The van der Waals surface area contributed by atoms with Gasteiger partial charge in [0, 0.05) is 18.8 Å². The highest BCUT2D eigenvalue weighted by molar-refractivity contribution is 6.34. The Hall–Kier alpha value is -1.40. The van der Waals surface area contributed by atoms with Gasteiger partial charge in [-0.05, 0) is 18.2 Å². The average molecular weight is 302 g/mol. The number of carbonyl (C=O) groups excluding carboxylic acids is 1. The number of carbonyl (C=O) groups is 1. The van der Waals surface area contributed by atoms with Crippen molar-refractivity contribution in [2.75, 3.05) is 31.5 Å². The molecular formula is C13H14ClF2N3O. The van der Waals surface area contributed by atoms with Crippen molar-refractivity contribution in [3.63, 3.8) is 0 Å². The van der Waals surface area contributed by atoms with Gasteiger partial charge in [-0.25, -0.2) is 8.78 Å². The van der Waals surface area contributed by atoms with Gasteiger partial charge in [-0.2, -0.15) is 0 Å². The van der Waals surface area contributed by atoms with Crippen LogP contribution in [-0.2, 0) is 0 Å². The number of alkyl halides is 2. The minimum absolute atomic E-state index is 0.263. The molecule has 4 nitrogen and oxygen atoms in total. The molecule has 0 atom stereocenters. The van der Waals surface area contributed by atoms with Crippen molar-refractivity contribution in [3.05, 3.63) is 28.8 Å². The Morgan fingerprint density at radius 3 is 2.60 bits per heavy atom. The summed E-state index contributed by atoms with van der Waals surface area (Å²) in [7, 11) is 0. The van der Waals surface area contributed by atoms with E-state index in [1.54, 1.807) is 18.2 Å². The second kappa shape index (κ2) is 4.86. The van der Waals surface area contributed by atoms with Crippen molar-refractivity contribution in [2.45, 2.75) is 12.0 Å². The Morgan fingerprint density at radius 2 is 2.10 bits per heavy atom. The maximum Gasteiger partial charge on any atom is 0.282 e. The smallest absolute Gasteiger partial charge is 0.282 e. The van der Waals surface area contributed by atoms with Crippen LogP contribution in [0.3, 0.4) is 0 Å². The molecule has 0 radical (unpaired) electrons. The molecule has 2 aliphatic heterocycles. The molecule has 108 valence electrons. The van der Waals surface area contributed by atoms with Crippen molar-refractivity contribution >= 4 is 23.2 Å². The second-order valence-corrected chi connectivity index (χ2v) is 5.62. The Balaban J connectivity index is 1.69. The Bertz CT molecular complexity index is 540. The van der Waals surface area contributed by atoms with Crippen molar-refractivity contribution < 1.29 is 13.6 Å². The standard InChI is InChI=1S/C13H14ClF2N3O/c14-11-3-8(18-9-4-17-5-9)1-2-10(11)12(20)19-6-13(15,16)7-19/h1-3,9,17-18H,4-7H2. The number of likely N-dealkylation sites (tertiary alicyclic amines) is 1. The van der Waals surface area contributed by atoms with Crippen LogP contribution in [0.5, 0.6) is 0 Å². The second-order valence-electron chi connectivity index (χ2n) is 5.21. The van der Waals surface area contributed by atoms with Gasteiger partial charge in [-0.3, -0.25) is 4.79 Å². The van der Waals surface area contributed by atoms with Gasteiger partial charge in [0.05, 0.1) is 29.7 Å². The number of anilines is 1. The van der Waals surface area contributed by atoms with E-state index in [1.165, 1.54) is 0 Å². The molecular weight excluding hydrogens is 288 g/mol. The van der Waals surface area contributed by atoms with E-state index in [1.807, 2.05) is 0 Å². The maximum absolute atomic E-state index is 12.8. The first-order valence-electron chi connectivity index (χ1n) is 6.38. The number of benzene rings is 1. The number of amides is 1. The Kier molecular flexibility index (Phi) is 3.30. The van der Waals surface area contributed by atoms with Gasteiger partial charge in [0.15, 0.2) is 0 Å². The highest BCUT2D eigenvalue weighted by Gasteiger charge is 2.46. The lowest BCUT2D eigenvalue weighted by Crippen LogP contribution is -2.58.